The fraction of sp³-hybridized carbons (Fsp3) is 0.667. The molecule has 0 aromatic carbocycles. The Kier molecular flexibility index (Phi) is 4.40. The van der Waals surface area contributed by atoms with Gasteiger partial charge < -0.3 is 9.42 Å². The Morgan fingerprint density at radius 3 is 2.61 bits per heavy atom. The minimum atomic E-state index is -0.306. The molecule has 0 spiro atoms. The highest BCUT2D eigenvalue weighted by Gasteiger charge is 2.33. The van der Waals surface area contributed by atoms with Crippen LogP contribution < -0.4 is 0 Å². The molecule has 8 heteroatoms. The molecule has 1 fully saturated rings. The van der Waals surface area contributed by atoms with Gasteiger partial charge in [0, 0.05) is 19.0 Å². The summed E-state index contributed by atoms with van der Waals surface area (Å²) in [5.74, 6) is 1.84. The molecule has 0 aliphatic carbocycles. The predicted octanol–water partition coefficient (Wildman–Crippen LogP) is 1.57. The van der Waals surface area contributed by atoms with Gasteiger partial charge in [-0.05, 0) is 25.7 Å². The summed E-state index contributed by atoms with van der Waals surface area (Å²) in [6, 6.07) is -0.306. The van der Waals surface area contributed by atoms with Crippen molar-refractivity contribution >= 4 is 5.91 Å². The smallest absolute Gasteiger partial charge is 0.247 e. The van der Waals surface area contributed by atoms with Crippen molar-refractivity contribution in [2.24, 2.45) is 5.92 Å². The Labute approximate surface area is 134 Å². The van der Waals surface area contributed by atoms with Crippen LogP contribution in [0.4, 0.5) is 0 Å². The molecule has 3 heterocycles. The summed E-state index contributed by atoms with van der Waals surface area (Å²) in [5.41, 5.74) is 0. The second-order valence-electron chi connectivity index (χ2n) is 6.34. The van der Waals surface area contributed by atoms with Crippen molar-refractivity contribution in [3.8, 4) is 0 Å². The van der Waals surface area contributed by atoms with Gasteiger partial charge in [-0.25, -0.2) is 9.67 Å². The van der Waals surface area contributed by atoms with Gasteiger partial charge in [0.05, 0.1) is 0 Å². The Bertz CT molecular complexity index is 643. The molecule has 3 rings (SSSR count). The lowest BCUT2D eigenvalue weighted by molar-refractivity contribution is -0.137. The Morgan fingerprint density at radius 1 is 1.35 bits per heavy atom. The first-order chi connectivity index (χ1) is 11.1. The summed E-state index contributed by atoms with van der Waals surface area (Å²) >= 11 is 0. The van der Waals surface area contributed by atoms with Gasteiger partial charge in [-0.2, -0.15) is 10.1 Å². The molecule has 0 unspecified atom stereocenters. The topological polar surface area (TPSA) is 89.9 Å². The summed E-state index contributed by atoms with van der Waals surface area (Å²) in [7, 11) is 0. The van der Waals surface area contributed by atoms with E-state index in [0.717, 1.165) is 12.8 Å². The molecular weight excluding hydrogens is 296 g/mol. The summed E-state index contributed by atoms with van der Waals surface area (Å²) < 4.78 is 6.91. The number of aromatic nitrogens is 5. The SMILES string of the molecule is Cc1noc(C2CCN(C(=O)[C@@H](C(C)C)n3cncn3)CC2)n1. The first-order valence-electron chi connectivity index (χ1n) is 7.99. The zero-order valence-corrected chi connectivity index (χ0v) is 13.7. The van der Waals surface area contributed by atoms with E-state index in [1.807, 2.05) is 25.7 Å². The minimum absolute atomic E-state index is 0.102. The van der Waals surface area contributed by atoms with Crippen LogP contribution in [0.5, 0.6) is 0 Å². The van der Waals surface area contributed by atoms with E-state index in [9.17, 15) is 4.79 Å². The molecule has 0 bridgehead atoms. The summed E-state index contributed by atoms with van der Waals surface area (Å²) in [4.78, 5) is 23.0. The highest BCUT2D eigenvalue weighted by molar-refractivity contribution is 5.80. The zero-order valence-electron chi connectivity index (χ0n) is 13.7. The molecule has 1 saturated heterocycles. The molecule has 2 aromatic heterocycles. The zero-order chi connectivity index (χ0) is 16.4. The highest BCUT2D eigenvalue weighted by Crippen LogP contribution is 2.29. The lowest BCUT2D eigenvalue weighted by Crippen LogP contribution is -2.43. The second kappa shape index (κ2) is 6.47. The van der Waals surface area contributed by atoms with Crippen LogP contribution in [0.15, 0.2) is 17.2 Å². The number of hydrogen-bond donors (Lipinski definition) is 0. The molecule has 124 valence electrons. The number of carbonyl (C=O) groups is 1. The first kappa shape index (κ1) is 15.6. The number of nitrogens with zero attached hydrogens (tertiary/aromatic N) is 6. The van der Waals surface area contributed by atoms with Gasteiger partial charge in [0.2, 0.25) is 11.8 Å². The van der Waals surface area contributed by atoms with Crippen molar-refractivity contribution in [2.45, 2.75) is 45.6 Å². The maximum Gasteiger partial charge on any atom is 0.247 e. The standard InChI is InChI=1S/C15H22N6O2/c1-10(2)13(21-9-16-8-17-21)15(22)20-6-4-12(5-7-20)14-18-11(3)19-23-14/h8-10,12-13H,4-7H2,1-3H3/t13-/m1/s1. The molecular formula is C15H22N6O2. The van der Waals surface area contributed by atoms with E-state index < -0.39 is 0 Å². The minimum Gasteiger partial charge on any atom is -0.341 e. The van der Waals surface area contributed by atoms with Crippen molar-refractivity contribution < 1.29 is 9.32 Å². The van der Waals surface area contributed by atoms with Gasteiger partial charge in [-0.3, -0.25) is 4.79 Å². The van der Waals surface area contributed by atoms with Gasteiger partial charge in [-0.1, -0.05) is 19.0 Å². The van der Waals surface area contributed by atoms with Crippen LogP contribution in [0.3, 0.4) is 0 Å². The molecule has 0 saturated carbocycles. The predicted molar refractivity (Wildman–Crippen MR) is 81.5 cm³/mol. The van der Waals surface area contributed by atoms with E-state index in [4.69, 9.17) is 4.52 Å². The van der Waals surface area contributed by atoms with Crippen LogP contribution in [-0.2, 0) is 4.79 Å². The van der Waals surface area contributed by atoms with Crippen LogP contribution in [0.2, 0.25) is 0 Å². The number of piperidine rings is 1. The van der Waals surface area contributed by atoms with Crippen LogP contribution in [0, 0.1) is 12.8 Å². The lowest BCUT2D eigenvalue weighted by Gasteiger charge is -2.34. The number of carbonyl (C=O) groups excluding carboxylic acids is 1. The lowest BCUT2D eigenvalue weighted by atomic mass is 9.95. The average molecular weight is 318 g/mol. The molecule has 2 aromatic rings. The third-order valence-corrected chi connectivity index (χ3v) is 4.31. The number of rotatable bonds is 4. The first-order valence-corrected chi connectivity index (χ1v) is 7.99. The molecule has 1 atom stereocenters. The van der Waals surface area contributed by atoms with Crippen LogP contribution in [0.25, 0.3) is 0 Å². The molecule has 0 radical (unpaired) electrons. The molecule has 0 N–H and O–H groups in total. The van der Waals surface area contributed by atoms with E-state index in [1.165, 1.54) is 6.33 Å². The van der Waals surface area contributed by atoms with Gasteiger partial charge >= 0.3 is 0 Å². The highest BCUT2D eigenvalue weighted by atomic mass is 16.5. The molecule has 23 heavy (non-hydrogen) atoms. The van der Waals surface area contributed by atoms with Gasteiger partial charge in [0.25, 0.3) is 0 Å². The quantitative estimate of drug-likeness (QED) is 0.850. The summed E-state index contributed by atoms with van der Waals surface area (Å²) in [5, 5.41) is 7.99. The maximum atomic E-state index is 12.9. The monoisotopic (exact) mass is 318 g/mol. The third-order valence-electron chi connectivity index (χ3n) is 4.31. The van der Waals surface area contributed by atoms with Gasteiger partial charge in [0.1, 0.15) is 18.7 Å². The summed E-state index contributed by atoms with van der Waals surface area (Å²) in [6.07, 6.45) is 4.76. The van der Waals surface area contributed by atoms with Crippen molar-refractivity contribution in [2.75, 3.05) is 13.1 Å². The second-order valence-corrected chi connectivity index (χ2v) is 6.34. The van der Waals surface area contributed by atoms with Crippen molar-refractivity contribution in [1.29, 1.82) is 0 Å². The molecule has 1 aliphatic rings. The largest absolute Gasteiger partial charge is 0.341 e. The van der Waals surface area contributed by atoms with E-state index >= 15 is 0 Å². The number of hydrogen-bond acceptors (Lipinski definition) is 6. The normalized spacial score (nSPS) is 17.7. The fourth-order valence-electron chi connectivity index (χ4n) is 3.08. The van der Waals surface area contributed by atoms with Crippen molar-refractivity contribution in [3.63, 3.8) is 0 Å². The maximum absolute atomic E-state index is 12.9. The number of amides is 1. The van der Waals surface area contributed by atoms with Crippen LogP contribution >= 0.6 is 0 Å². The number of aryl methyl sites for hydroxylation is 1. The van der Waals surface area contributed by atoms with E-state index in [0.29, 0.717) is 24.8 Å². The van der Waals surface area contributed by atoms with E-state index in [-0.39, 0.29) is 23.8 Å². The fourth-order valence-corrected chi connectivity index (χ4v) is 3.08. The van der Waals surface area contributed by atoms with Crippen molar-refractivity contribution in [3.05, 3.63) is 24.4 Å². The van der Waals surface area contributed by atoms with Gasteiger partial charge in [-0.15, -0.1) is 0 Å². The number of likely N-dealkylation sites (tertiary alicyclic amines) is 1. The summed E-state index contributed by atoms with van der Waals surface area (Å²) in [6.45, 7) is 7.26. The van der Waals surface area contributed by atoms with Crippen LogP contribution in [-0.4, -0.2) is 48.8 Å². The van der Waals surface area contributed by atoms with Gasteiger partial charge in [0.15, 0.2) is 5.82 Å². The van der Waals surface area contributed by atoms with Crippen LogP contribution in [0.1, 0.15) is 50.4 Å². The Hall–Kier alpha value is -2.25. The Balaban J connectivity index is 1.65. The van der Waals surface area contributed by atoms with E-state index in [2.05, 4.69) is 20.2 Å². The average Bonchev–Trinajstić information content (AvgIpc) is 3.19. The Morgan fingerprint density at radius 2 is 2.09 bits per heavy atom. The molecule has 8 nitrogen and oxygen atoms in total. The van der Waals surface area contributed by atoms with Crippen molar-refractivity contribution in [1.82, 2.24) is 29.8 Å². The third kappa shape index (κ3) is 3.25. The molecule has 1 aliphatic heterocycles. The molecule has 1 amide bonds. The van der Waals surface area contributed by atoms with E-state index in [1.54, 1.807) is 11.0 Å².